The van der Waals surface area contributed by atoms with Crippen molar-refractivity contribution in [1.29, 1.82) is 0 Å². The molecule has 1 aliphatic heterocycles. The minimum Gasteiger partial charge on any atom is -0.476 e. The van der Waals surface area contributed by atoms with E-state index in [1.807, 2.05) is 10.6 Å². The number of carboxylic acids is 1. The fraction of sp³-hybridized carbons (Fsp3) is 0.400. The van der Waals surface area contributed by atoms with E-state index in [0.29, 0.717) is 36.7 Å². The number of carboxylic acid groups (broad SMARTS) is 1. The fourth-order valence-corrected chi connectivity index (χ4v) is 2.94. The Kier molecular flexibility index (Phi) is 3.70. The zero-order chi connectivity index (χ0) is 15.7. The SMILES string of the molecule is COC(=O)C1CCCn2c(Cc3ccco3)nc(C(=O)O)c21. The highest BCUT2D eigenvalue weighted by atomic mass is 16.5. The molecule has 1 aliphatic rings. The Balaban J connectivity index is 2.07. The van der Waals surface area contributed by atoms with Crippen LogP contribution in [0.25, 0.3) is 0 Å². The van der Waals surface area contributed by atoms with Crippen molar-refractivity contribution in [2.75, 3.05) is 7.11 Å². The fourth-order valence-electron chi connectivity index (χ4n) is 2.94. The number of carbonyl (C=O) groups excluding carboxylic acids is 1. The lowest BCUT2D eigenvalue weighted by atomic mass is 9.94. The number of carbonyl (C=O) groups is 2. The molecule has 0 fully saturated rings. The average molecular weight is 304 g/mol. The van der Waals surface area contributed by atoms with Gasteiger partial charge >= 0.3 is 11.9 Å². The van der Waals surface area contributed by atoms with E-state index < -0.39 is 17.9 Å². The van der Waals surface area contributed by atoms with Gasteiger partial charge in [-0.1, -0.05) is 0 Å². The van der Waals surface area contributed by atoms with E-state index >= 15 is 0 Å². The highest BCUT2D eigenvalue weighted by Crippen LogP contribution is 2.33. The van der Waals surface area contributed by atoms with Crippen molar-refractivity contribution in [1.82, 2.24) is 9.55 Å². The quantitative estimate of drug-likeness (QED) is 0.866. The van der Waals surface area contributed by atoms with Crippen LogP contribution in [0.2, 0.25) is 0 Å². The number of aromatic carboxylic acids is 1. The number of methoxy groups -OCH3 is 1. The number of ether oxygens (including phenoxy) is 1. The first-order valence-corrected chi connectivity index (χ1v) is 7.04. The molecular formula is C15H16N2O5. The molecule has 0 saturated carbocycles. The van der Waals surface area contributed by atoms with Crippen LogP contribution in [-0.2, 0) is 22.5 Å². The molecule has 0 saturated heterocycles. The molecule has 0 amide bonds. The number of hydrogen-bond donors (Lipinski definition) is 1. The predicted molar refractivity (Wildman–Crippen MR) is 74.7 cm³/mol. The standard InChI is InChI=1S/C15H16N2O5/c1-21-15(20)10-5-2-6-17-11(8-9-4-3-7-22-9)16-12(13(10)17)14(18)19/h3-4,7,10H,2,5-6,8H2,1H3,(H,18,19). The zero-order valence-electron chi connectivity index (χ0n) is 12.1. The summed E-state index contributed by atoms with van der Waals surface area (Å²) in [5.41, 5.74) is 0.365. The topological polar surface area (TPSA) is 94.6 Å². The number of hydrogen-bond acceptors (Lipinski definition) is 5. The number of furan rings is 1. The second-order valence-corrected chi connectivity index (χ2v) is 5.19. The number of rotatable bonds is 4. The monoisotopic (exact) mass is 304 g/mol. The van der Waals surface area contributed by atoms with Crippen LogP contribution < -0.4 is 0 Å². The van der Waals surface area contributed by atoms with Gasteiger partial charge in [0, 0.05) is 6.54 Å². The summed E-state index contributed by atoms with van der Waals surface area (Å²) < 4.78 is 11.9. The van der Waals surface area contributed by atoms with Crippen LogP contribution in [0.1, 0.15) is 46.5 Å². The molecule has 7 nitrogen and oxygen atoms in total. The molecule has 116 valence electrons. The summed E-state index contributed by atoms with van der Waals surface area (Å²) >= 11 is 0. The number of esters is 1. The van der Waals surface area contributed by atoms with Crippen molar-refractivity contribution in [2.24, 2.45) is 0 Å². The summed E-state index contributed by atoms with van der Waals surface area (Å²) in [7, 11) is 1.31. The largest absolute Gasteiger partial charge is 0.476 e. The molecule has 0 aromatic carbocycles. The van der Waals surface area contributed by atoms with E-state index in [1.54, 1.807) is 12.3 Å². The molecule has 22 heavy (non-hydrogen) atoms. The first-order valence-electron chi connectivity index (χ1n) is 7.04. The lowest BCUT2D eigenvalue weighted by Crippen LogP contribution is -2.25. The lowest BCUT2D eigenvalue weighted by Gasteiger charge is -2.23. The molecule has 0 spiro atoms. The lowest BCUT2D eigenvalue weighted by molar-refractivity contribution is -0.143. The van der Waals surface area contributed by atoms with E-state index in [4.69, 9.17) is 9.15 Å². The maximum Gasteiger partial charge on any atom is 0.356 e. The summed E-state index contributed by atoms with van der Waals surface area (Å²) in [5.74, 6) is -0.846. The third-order valence-electron chi connectivity index (χ3n) is 3.89. The van der Waals surface area contributed by atoms with E-state index in [-0.39, 0.29) is 5.69 Å². The van der Waals surface area contributed by atoms with E-state index in [1.165, 1.54) is 7.11 Å². The molecule has 1 atom stereocenters. The molecule has 2 aromatic heterocycles. The van der Waals surface area contributed by atoms with Crippen LogP contribution >= 0.6 is 0 Å². The zero-order valence-corrected chi connectivity index (χ0v) is 12.1. The van der Waals surface area contributed by atoms with Gasteiger partial charge in [-0.3, -0.25) is 4.79 Å². The number of aromatic nitrogens is 2. The van der Waals surface area contributed by atoms with Gasteiger partial charge in [-0.05, 0) is 25.0 Å². The molecule has 7 heteroatoms. The van der Waals surface area contributed by atoms with E-state index in [0.717, 1.165) is 6.42 Å². The Morgan fingerprint density at radius 1 is 1.55 bits per heavy atom. The molecule has 0 radical (unpaired) electrons. The Hall–Kier alpha value is -2.57. The summed E-state index contributed by atoms with van der Waals surface area (Å²) in [5, 5.41) is 9.40. The van der Waals surface area contributed by atoms with Gasteiger partial charge < -0.3 is 18.8 Å². The maximum atomic E-state index is 12.0. The smallest absolute Gasteiger partial charge is 0.356 e. The molecule has 1 unspecified atom stereocenters. The van der Waals surface area contributed by atoms with Crippen molar-refractivity contribution >= 4 is 11.9 Å². The van der Waals surface area contributed by atoms with Gasteiger partial charge in [-0.15, -0.1) is 0 Å². The van der Waals surface area contributed by atoms with Crippen LogP contribution in [-0.4, -0.2) is 33.7 Å². The third kappa shape index (κ3) is 2.38. The van der Waals surface area contributed by atoms with Crippen molar-refractivity contribution in [3.63, 3.8) is 0 Å². The first kappa shape index (κ1) is 14.4. The molecule has 0 bridgehead atoms. The Morgan fingerprint density at radius 2 is 2.36 bits per heavy atom. The molecule has 0 aliphatic carbocycles. The van der Waals surface area contributed by atoms with Crippen LogP contribution in [0.4, 0.5) is 0 Å². The molecule has 1 N–H and O–H groups in total. The molecule has 3 rings (SSSR count). The normalized spacial score (nSPS) is 17.0. The van der Waals surface area contributed by atoms with Crippen LogP contribution in [0.15, 0.2) is 22.8 Å². The predicted octanol–water partition coefficient (Wildman–Crippen LogP) is 1.82. The second-order valence-electron chi connectivity index (χ2n) is 5.19. The molecule has 3 heterocycles. The van der Waals surface area contributed by atoms with Gasteiger partial charge in [0.15, 0.2) is 5.69 Å². The number of imidazole rings is 1. The van der Waals surface area contributed by atoms with Crippen molar-refractivity contribution in [3.8, 4) is 0 Å². The molecular weight excluding hydrogens is 288 g/mol. The van der Waals surface area contributed by atoms with E-state index in [9.17, 15) is 14.7 Å². The van der Waals surface area contributed by atoms with Gasteiger partial charge in [0.05, 0.1) is 31.4 Å². The molecule has 2 aromatic rings. The maximum absolute atomic E-state index is 12.0. The first-order chi connectivity index (χ1) is 10.6. The van der Waals surface area contributed by atoms with Gasteiger partial charge in [0.25, 0.3) is 0 Å². The summed E-state index contributed by atoms with van der Waals surface area (Å²) in [6, 6.07) is 3.58. The number of fused-ring (bicyclic) bond motifs is 1. The summed E-state index contributed by atoms with van der Waals surface area (Å²) in [6.07, 6.45) is 3.29. The Labute approximate surface area is 126 Å². The minimum absolute atomic E-state index is 0.0725. The van der Waals surface area contributed by atoms with Crippen LogP contribution in [0, 0.1) is 0 Å². The summed E-state index contributed by atoms with van der Waals surface area (Å²) in [6.45, 7) is 0.638. The average Bonchev–Trinajstić information content (AvgIpc) is 3.15. The van der Waals surface area contributed by atoms with E-state index in [2.05, 4.69) is 4.98 Å². The number of nitrogens with zero attached hydrogens (tertiary/aromatic N) is 2. The Bertz CT molecular complexity index is 702. The minimum atomic E-state index is -1.13. The van der Waals surface area contributed by atoms with Gasteiger partial charge in [0.1, 0.15) is 11.6 Å². The third-order valence-corrected chi connectivity index (χ3v) is 3.89. The summed E-state index contributed by atoms with van der Waals surface area (Å²) in [4.78, 5) is 27.7. The van der Waals surface area contributed by atoms with Crippen LogP contribution in [0.5, 0.6) is 0 Å². The van der Waals surface area contributed by atoms with Gasteiger partial charge in [0.2, 0.25) is 0 Å². The van der Waals surface area contributed by atoms with Crippen molar-refractivity contribution in [3.05, 3.63) is 41.4 Å². The second kappa shape index (κ2) is 5.67. The van der Waals surface area contributed by atoms with Crippen molar-refractivity contribution in [2.45, 2.75) is 31.7 Å². The van der Waals surface area contributed by atoms with Gasteiger partial charge in [-0.2, -0.15) is 0 Å². The highest BCUT2D eigenvalue weighted by Gasteiger charge is 2.35. The van der Waals surface area contributed by atoms with Gasteiger partial charge in [-0.25, -0.2) is 9.78 Å². The van der Waals surface area contributed by atoms with Crippen LogP contribution in [0.3, 0.4) is 0 Å². The highest BCUT2D eigenvalue weighted by molar-refractivity contribution is 5.90. The van der Waals surface area contributed by atoms with Crippen molar-refractivity contribution < 1.29 is 23.8 Å². The Morgan fingerprint density at radius 3 is 3.00 bits per heavy atom.